The summed E-state index contributed by atoms with van der Waals surface area (Å²) in [6, 6.07) is 14.7. The maximum Gasteiger partial charge on any atom is 0.213 e. The Bertz CT molecular complexity index is 770. The van der Waals surface area contributed by atoms with Gasteiger partial charge in [0.2, 0.25) is 5.88 Å². The number of nitrogens with one attached hydrogen (secondary N) is 1. The highest BCUT2D eigenvalue weighted by atomic mass is 35.5. The molecular weight excluding hydrogens is 347 g/mol. The number of furan rings is 1. The van der Waals surface area contributed by atoms with Crippen molar-refractivity contribution in [1.82, 2.24) is 10.3 Å². The Kier molecular flexibility index (Phi) is 5.75. The molecule has 6 heteroatoms. The Morgan fingerprint density at radius 1 is 1.04 bits per heavy atom. The maximum absolute atomic E-state index is 6.02. The minimum atomic E-state index is 0.536. The molecule has 0 fully saturated rings. The van der Waals surface area contributed by atoms with Crippen LogP contribution >= 0.6 is 23.2 Å². The summed E-state index contributed by atoms with van der Waals surface area (Å²) in [5, 5.41) is 4.43. The number of hydrogen-bond donors (Lipinski definition) is 1. The Hall–Kier alpha value is -2.01. The van der Waals surface area contributed by atoms with E-state index in [-0.39, 0.29) is 0 Å². The lowest BCUT2D eigenvalue weighted by atomic mass is 10.2. The van der Waals surface area contributed by atoms with Crippen molar-refractivity contribution in [3.8, 4) is 17.2 Å². The van der Waals surface area contributed by atoms with Crippen LogP contribution in [0.3, 0.4) is 0 Å². The molecule has 4 nitrogen and oxygen atoms in total. The van der Waals surface area contributed by atoms with Gasteiger partial charge in [0, 0.05) is 34.4 Å². The van der Waals surface area contributed by atoms with E-state index in [9.17, 15) is 0 Å². The summed E-state index contributed by atoms with van der Waals surface area (Å²) in [5.41, 5.74) is 0.859. The molecule has 0 bridgehead atoms. The first-order valence-electron chi connectivity index (χ1n) is 7.50. The predicted molar refractivity (Wildman–Crippen MR) is 95.6 cm³/mol. The highest BCUT2D eigenvalue weighted by Gasteiger charge is 2.07. The maximum atomic E-state index is 6.02. The highest BCUT2D eigenvalue weighted by Crippen LogP contribution is 2.28. The summed E-state index contributed by atoms with van der Waals surface area (Å²) in [7, 11) is 0. The molecule has 0 spiro atoms. The monoisotopic (exact) mass is 362 g/mol. The van der Waals surface area contributed by atoms with E-state index in [1.54, 1.807) is 12.3 Å². The second-order valence-electron chi connectivity index (χ2n) is 5.12. The lowest BCUT2D eigenvalue weighted by molar-refractivity contribution is 0.300. The van der Waals surface area contributed by atoms with Gasteiger partial charge < -0.3 is 14.5 Å². The number of pyridine rings is 1. The van der Waals surface area contributed by atoms with Crippen molar-refractivity contribution in [2.24, 2.45) is 0 Å². The minimum absolute atomic E-state index is 0.536. The molecule has 0 radical (unpaired) electrons. The Morgan fingerprint density at radius 3 is 2.62 bits per heavy atom. The average Bonchev–Trinajstić information content (AvgIpc) is 3.04. The van der Waals surface area contributed by atoms with Gasteiger partial charge in [-0.3, -0.25) is 0 Å². The molecule has 0 aliphatic carbocycles. The second-order valence-corrected chi connectivity index (χ2v) is 5.99. The minimum Gasteiger partial charge on any atom is -0.476 e. The largest absolute Gasteiger partial charge is 0.476 e. The van der Waals surface area contributed by atoms with E-state index < -0.39 is 0 Å². The summed E-state index contributed by atoms with van der Waals surface area (Å²) in [4.78, 5) is 4.10. The molecule has 124 valence electrons. The lowest BCUT2D eigenvalue weighted by Gasteiger charge is -2.05. The summed E-state index contributed by atoms with van der Waals surface area (Å²) in [6.45, 7) is 1.84. The summed E-state index contributed by atoms with van der Waals surface area (Å²) in [6.07, 6.45) is 1.70. The first kappa shape index (κ1) is 16.8. The molecule has 0 saturated heterocycles. The second kappa shape index (κ2) is 8.20. The molecule has 3 rings (SSSR count). The Morgan fingerprint density at radius 2 is 1.88 bits per heavy atom. The van der Waals surface area contributed by atoms with E-state index in [4.69, 9.17) is 32.4 Å². The molecular formula is C18H16Cl2N2O2. The molecule has 1 aromatic carbocycles. The van der Waals surface area contributed by atoms with Crippen molar-refractivity contribution in [1.29, 1.82) is 0 Å². The van der Waals surface area contributed by atoms with Gasteiger partial charge in [0.25, 0.3) is 0 Å². The Balaban J connectivity index is 1.48. The van der Waals surface area contributed by atoms with Gasteiger partial charge in [-0.15, -0.1) is 0 Å². The van der Waals surface area contributed by atoms with Crippen molar-refractivity contribution in [2.75, 3.05) is 13.2 Å². The van der Waals surface area contributed by atoms with Gasteiger partial charge >= 0.3 is 0 Å². The predicted octanol–water partition coefficient (Wildman–Crippen LogP) is 4.82. The van der Waals surface area contributed by atoms with Gasteiger partial charge in [-0.05, 0) is 36.4 Å². The Labute approximate surface area is 150 Å². The molecule has 0 unspecified atom stereocenters. The van der Waals surface area contributed by atoms with Crippen LogP contribution in [0.15, 0.2) is 59.1 Å². The summed E-state index contributed by atoms with van der Waals surface area (Å²) >= 11 is 12.0. The van der Waals surface area contributed by atoms with E-state index in [0.29, 0.717) is 35.6 Å². The molecule has 2 heterocycles. The summed E-state index contributed by atoms with van der Waals surface area (Å²) < 4.78 is 11.3. The van der Waals surface area contributed by atoms with E-state index in [1.165, 1.54) is 0 Å². The van der Waals surface area contributed by atoms with Crippen LogP contribution in [0, 0.1) is 0 Å². The molecule has 0 atom stereocenters. The number of halogens is 2. The van der Waals surface area contributed by atoms with Gasteiger partial charge in [0.05, 0.1) is 6.54 Å². The SMILES string of the molecule is Clc1cc(Cl)cc(-c2ccc(CNCCOc3ccccn3)o2)c1. The van der Waals surface area contributed by atoms with Crippen molar-refractivity contribution in [3.63, 3.8) is 0 Å². The van der Waals surface area contributed by atoms with Gasteiger partial charge in [-0.2, -0.15) is 0 Å². The molecule has 0 aliphatic rings. The van der Waals surface area contributed by atoms with Gasteiger partial charge in [-0.25, -0.2) is 4.98 Å². The molecule has 0 saturated carbocycles. The van der Waals surface area contributed by atoms with Crippen molar-refractivity contribution in [3.05, 3.63) is 70.5 Å². The topological polar surface area (TPSA) is 47.3 Å². The zero-order valence-electron chi connectivity index (χ0n) is 12.8. The summed E-state index contributed by atoms with van der Waals surface area (Å²) in [5.74, 6) is 2.19. The molecule has 2 aromatic heterocycles. The fraction of sp³-hybridized carbons (Fsp3) is 0.167. The van der Waals surface area contributed by atoms with Crippen molar-refractivity contribution >= 4 is 23.2 Å². The van der Waals surface area contributed by atoms with E-state index in [0.717, 1.165) is 17.1 Å². The van der Waals surface area contributed by atoms with Crippen LogP contribution in [-0.2, 0) is 6.54 Å². The molecule has 0 aliphatic heterocycles. The van der Waals surface area contributed by atoms with Crippen molar-refractivity contribution in [2.45, 2.75) is 6.54 Å². The molecule has 3 aromatic rings. The van der Waals surface area contributed by atoms with Crippen LogP contribution < -0.4 is 10.1 Å². The van der Waals surface area contributed by atoms with Crippen LogP contribution in [0.2, 0.25) is 10.0 Å². The number of hydrogen-bond acceptors (Lipinski definition) is 4. The molecule has 0 amide bonds. The number of rotatable bonds is 7. The van der Waals surface area contributed by atoms with Gasteiger partial charge in [0.1, 0.15) is 18.1 Å². The normalized spacial score (nSPS) is 10.8. The van der Waals surface area contributed by atoms with Crippen LogP contribution in [0.1, 0.15) is 5.76 Å². The van der Waals surface area contributed by atoms with Crippen LogP contribution in [0.5, 0.6) is 5.88 Å². The number of ether oxygens (including phenoxy) is 1. The van der Waals surface area contributed by atoms with E-state index in [2.05, 4.69) is 10.3 Å². The fourth-order valence-electron chi connectivity index (χ4n) is 2.20. The van der Waals surface area contributed by atoms with Crippen molar-refractivity contribution < 1.29 is 9.15 Å². The lowest BCUT2D eigenvalue weighted by Crippen LogP contribution is -2.20. The third-order valence-corrected chi connectivity index (χ3v) is 3.71. The van der Waals surface area contributed by atoms with Crippen LogP contribution in [0.25, 0.3) is 11.3 Å². The quantitative estimate of drug-likeness (QED) is 0.612. The van der Waals surface area contributed by atoms with Crippen LogP contribution in [0.4, 0.5) is 0 Å². The fourth-order valence-corrected chi connectivity index (χ4v) is 2.72. The zero-order valence-corrected chi connectivity index (χ0v) is 14.3. The van der Waals surface area contributed by atoms with Crippen LogP contribution in [-0.4, -0.2) is 18.1 Å². The first-order valence-corrected chi connectivity index (χ1v) is 8.26. The van der Waals surface area contributed by atoms with E-state index in [1.807, 2.05) is 42.5 Å². The van der Waals surface area contributed by atoms with Gasteiger partial charge in [0.15, 0.2) is 0 Å². The standard InChI is InChI=1S/C18H16Cl2N2O2/c19-14-9-13(10-15(20)11-14)17-5-4-16(24-17)12-21-7-8-23-18-3-1-2-6-22-18/h1-6,9-11,21H,7-8,12H2. The average molecular weight is 363 g/mol. The third kappa shape index (κ3) is 4.74. The number of aromatic nitrogens is 1. The van der Waals surface area contributed by atoms with Gasteiger partial charge in [-0.1, -0.05) is 29.3 Å². The molecule has 1 N–H and O–H groups in total. The number of nitrogens with zero attached hydrogens (tertiary/aromatic N) is 1. The number of benzene rings is 1. The highest BCUT2D eigenvalue weighted by molar-refractivity contribution is 6.35. The zero-order chi connectivity index (χ0) is 16.8. The first-order chi connectivity index (χ1) is 11.7. The molecule has 24 heavy (non-hydrogen) atoms. The smallest absolute Gasteiger partial charge is 0.213 e. The van der Waals surface area contributed by atoms with E-state index >= 15 is 0 Å². The third-order valence-electron chi connectivity index (χ3n) is 3.27.